The highest BCUT2D eigenvalue weighted by Crippen LogP contribution is 2.58. The van der Waals surface area contributed by atoms with Crippen LogP contribution in [-0.2, 0) is 11.2 Å². The smallest absolute Gasteiger partial charge is 0.319 e. The average molecular weight is 649 g/mol. The molecule has 1 aromatic heterocycles. The van der Waals surface area contributed by atoms with Crippen molar-refractivity contribution in [1.82, 2.24) is 19.8 Å². The molecule has 5 atom stereocenters. The summed E-state index contributed by atoms with van der Waals surface area (Å²) in [7, 11) is 0. The predicted molar refractivity (Wildman–Crippen MR) is 181 cm³/mol. The van der Waals surface area contributed by atoms with Crippen LogP contribution >= 0.6 is 0 Å². The van der Waals surface area contributed by atoms with Crippen LogP contribution in [-0.4, -0.2) is 95.4 Å². The van der Waals surface area contributed by atoms with Crippen LogP contribution in [0.1, 0.15) is 55.6 Å². The molecule has 3 aliphatic carbocycles. The van der Waals surface area contributed by atoms with Crippen LogP contribution in [0.15, 0.2) is 43.0 Å². The van der Waals surface area contributed by atoms with E-state index in [1.807, 2.05) is 0 Å². The number of piperazine rings is 1. The molecule has 9 nitrogen and oxygen atoms in total. The van der Waals surface area contributed by atoms with Gasteiger partial charge in [-0.1, -0.05) is 24.8 Å². The zero-order chi connectivity index (χ0) is 32.6. The number of fused-ring (bicyclic) bond motifs is 5. The van der Waals surface area contributed by atoms with E-state index in [0.717, 1.165) is 61.3 Å². The molecule has 10 heteroatoms. The maximum atomic E-state index is 14.6. The first-order valence-electron chi connectivity index (χ1n) is 17.6. The number of carbonyl (C=O) groups is 1. The van der Waals surface area contributed by atoms with Crippen molar-refractivity contribution in [2.45, 2.75) is 74.7 Å². The number of ether oxygens (including phenoxy) is 2. The van der Waals surface area contributed by atoms with E-state index in [4.69, 9.17) is 26.0 Å². The Bertz CT molecular complexity index is 1860. The zero-order valence-electron chi connectivity index (χ0n) is 27.2. The fourth-order valence-corrected chi connectivity index (χ4v) is 9.04. The van der Waals surface area contributed by atoms with E-state index in [0.29, 0.717) is 56.5 Å². The first-order chi connectivity index (χ1) is 23.4. The first-order valence-corrected chi connectivity index (χ1v) is 17.6. The minimum absolute atomic E-state index is 0.143. The second-order valence-electron chi connectivity index (χ2n) is 14.7. The van der Waals surface area contributed by atoms with Crippen molar-refractivity contribution in [2.75, 3.05) is 50.8 Å². The largest absolute Gasteiger partial charge is 0.487 e. The summed E-state index contributed by atoms with van der Waals surface area (Å²) in [6.07, 6.45) is 7.41. The molecule has 4 heterocycles. The molecule has 0 unspecified atom stereocenters. The van der Waals surface area contributed by atoms with Crippen LogP contribution in [0.4, 0.5) is 10.2 Å². The molecule has 0 bridgehead atoms. The van der Waals surface area contributed by atoms with Gasteiger partial charge in [-0.05, 0) is 91.8 Å². The number of hydrogen-bond acceptors (Lipinski definition) is 7. The quantitative estimate of drug-likeness (QED) is 0.222. The van der Waals surface area contributed by atoms with Crippen LogP contribution in [0, 0.1) is 12.5 Å². The summed E-state index contributed by atoms with van der Waals surface area (Å²) in [5.41, 5.74) is 5.54. The lowest BCUT2D eigenvalue weighted by Crippen LogP contribution is -2.56. The van der Waals surface area contributed by atoms with E-state index in [-0.39, 0.29) is 36.1 Å². The third-order valence-corrected chi connectivity index (χ3v) is 11.7. The molecule has 0 N–H and O–H groups in total. The Hall–Kier alpha value is -4.23. The molecule has 3 aliphatic heterocycles. The van der Waals surface area contributed by atoms with Crippen molar-refractivity contribution >= 4 is 22.6 Å². The number of rotatable bonds is 9. The van der Waals surface area contributed by atoms with E-state index in [9.17, 15) is 9.18 Å². The highest BCUT2D eigenvalue weighted by atomic mass is 19.1. The third-order valence-electron chi connectivity index (χ3n) is 11.7. The lowest BCUT2D eigenvalue weighted by atomic mass is 9.93. The number of carbonyl (C=O) groups excluding carboxylic acids is 1. The molecule has 2 aromatic carbocycles. The molecule has 1 amide bonds. The average Bonchev–Trinajstić information content (AvgIpc) is 3.97. The molecule has 248 valence electrons. The topological polar surface area (TPSA) is 75.4 Å². The Morgan fingerprint density at radius 1 is 1.15 bits per heavy atom. The zero-order valence-corrected chi connectivity index (χ0v) is 27.2. The summed E-state index contributed by atoms with van der Waals surface area (Å²) in [5, 5.41) is 0.854. The van der Waals surface area contributed by atoms with Gasteiger partial charge < -0.3 is 24.1 Å². The number of amides is 1. The van der Waals surface area contributed by atoms with Crippen molar-refractivity contribution < 1.29 is 18.7 Å². The Kier molecular flexibility index (Phi) is 7.12. The SMILES string of the molecule is [C-]#[N+]C[C@H]1CN(c2nc(OC[C@@]34CCCN3C[C@H](F)C4)nc3c(OC4CC4)c(-c4cccc5c4C[C@@H]4C[C@H]54)ccc23)CCN1C(=O)C=C. The van der Waals surface area contributed by atoms with Gasteiger partial charge in [-0.25, -0.2) is 11.0 Å². The van der Waals surface area contributed by atoms with Crippen molar-refractivity contribution in [3.8, 4) is 22.9 Å². The maximum Gasteiger partial charge on any atom is 0.319 e. The molecular weight excluding hydrogens is 607 g/mol. The van der Waals surface area contributed by atoms with Crippen molar-refractivity contribution in [1.29, 1.82) is 0 Å². The molecule has 3 aromatic rings. The van der Waals surface area contributed by atoms with Gasteiger partial charge in [0.1, 0.15) is 30.2 Å². The standard InChI is InChI=1S/C38H41FN6O3/c1-3-33(46)45-15-14-43(21-25(45)19-40-2)36-30-11-10-29(27-6-4-7-28-31-16-23(31)17-32(27)28)35(48-26-8-9-26)34(30)41-37(42-36)47-22-38-12-5-13-44(38)20-24(39)18-38/h3-4,6-7,10-11,23-26,31H,1,5,8-9,12-22H2/t23-,24+,25-,31-,38-/m0/s1. The number of halogens is 1. The predicted octanol–water partition coefficient (Wildman–Crippen LogP) is 5.58. The van der Waals surface area contributed by atoms with Gasteiger partial charge in [-0.15, -0.1) is 0 Å². The second-order valence-corrected chi connectivity index (χ2v) is 14.7. The Morgan fingerprint density at radius 2 is 2.04 bits per heavy atom. The third kappa shape index (κ3) is 5.01. The van der Waals surface area contributed by atoms with E-state index in [1.165, 1.54) is 29.2 Å². The number of aromatic nitrogens is 2. The van der Waals surface area contributed by atoms with Crippen molar-refractivity contribution in [2.24, 2.45) is 5.92 Å². The Labute approximate surface area is 280 Å². The monoisotopic (exact) mass is 648 g/mol. The fourth-order valence-electron chi connectivity index (χ4n) is 9.04. The summed E-state index contributed by atoms with van der Waals surface area (Å²) in [5.74, 6) is 2.75. The fraction of sp³-hybridized carbons (Fsp3) is 0.526. The van der Waals surface area contributed by atoms with Gasteiger partial charge in [0.15, 0.2) is 5.75 Å². The van der Waals surface area contributed by atoms with Crippen molar-refractivity contribution in [3.63, 3.8) is 0 Å². The van der Waals surface area contributed by atoms with E-state index in [2.05, 4.69) is 51.6 Å². The highest BCUT2D eigenvalue weighted by molar-refractivity contribution is 5.99. The molecule has 0 radical (unpaired) electrons. The minimum atomic E-state index is -0.851. The molecule has 0 spiro atoms. The van der Waals surface area contributed by atoms with Crippen LogP contribution < -0.4 is 14.4 Å². The summed E-state index contributed by atoms with van der Waals surface area (Å²) in [6, 6.07) is 10.9. The van der Waals surface area contributed by atoms with Gasteiger partial charge >= 0.3 is 6.01 Å². The van der Waals surface area contributed by atoms with E-state index in [1.54, 1.807) is 4.90 Å². The number of hydrogen-bond donors (Lipinski definition) is 0. The summed E-state index contributed by atoms with van der Waals surface area (Å²) >= 11 is 0. The number of alkyl halides is 1. The lowest BCUT2D eigenvalue weighted by Gasteiger charge is -2.39. The molecule has 48 heavy (non-hydrogen) atoms. The number of nitrogens with zero attached hydrogens (tertiary/aromatic N) is 6. The molecule has 3 saturated heterocycles. The number of anilines is 1. The maximum absolute atomic E-state index is 14.6. The molecule has 9 rings (SSSR count). The van der Waals surface area contributed by atoms with Gasteiger partial charge in [0.2, 0.25) is 12.5 Å². The van der Waals surface area contributed by atoms with Crippen molar-refractivity contribution in [3.05, 3.63) is 65.5 Å². The summed E-state index contributed by atoms with van der Waals surface area (Å²) < 4.78 is 27.9. The normalized spacial score (nSPS) is 28.9. The highest BCUT2D eigenvalue weighted by Gasteiger charge is 2.50. The molecule has 2 saturated carbocycles. The van der Waals surface area contributed by atoms with Crippen LogP contribution in [0.25, 0.3) is 26.9 Å². The van der Waals surface area contributed by atoms with E-state index < -0.39 is 6.17 Å². The summed E-state index contributed by atoms with van der Waals surface area (Å²) in [4.78, 5) is 32.6. The Morgan fingerprint density at radius 3 is 2.88 bits per heavy atom. The lowest BCUT2D eigenvalue weighted by molar-refractivity contribution is -0.128. The Balaban J connectivity index is 1.16. The number of benzene rings is 2. The molecular formula is C38H41FN6O3. The van der Waals surface area contributed by atoms with Gasteiger partial charge in [0.05, 0.1) is 11.6 Å². The van der Waals surface area contributed by atoms with Crippen LogP contribution in [0.5, 0.6) is 11.8 Å². The van der Waals surface area contributed by atoms with Gasteiger partial charge in [0.25, 0.3) is 0 Å². The van der Waals surface area contributed by atoms with E-state index >= 15 is 0 Å². The molecule has 6 aliphatic rings. The van der Waals surface area contributed by atoms with Gasteiger partial charge in [-0.2, -0.15) is 9.97 Å². The van der Waals surface area contributed by atoms with Crippen LogP contribution in [0.2, 0.25) is 0 Å². The summed E-state index contributed by atoms with van der Waals surface area (Å²) in [6.45, 7) is 14.6. The second kappa shape index (κ2) is 11.4. The van der Waals surface area contributed by atoms with Crippen LogP contribution in [0.3, 0.4) is 0 Å². The van der Waals surface area contributed by atoms with Gasteiger partial charge in [-0.3, -0.25) is 9.69 Å². The minimum Gasteiger partial charge on any atom is -0.487 e. The van der Waals surface area contributed by atoms with Gasteiger partial charge in [0, 0.05) is 43.5 Å². The molecule has 5 fully saturated rings. The first kappa shape index (κ1) is 29.9.